The summed E-state index contributed by atoms with van der Waals surface area (Å²) in [6.45, 7) is 4.70. The van der Waals surface area contributed by atoms with Crippen molar-refractivity contribution in [3.8, 4) is 0 Å². The maximum absolute atomic E-state index is 14.2. The quantitative estimate of drug-likeness (QED) is 0.273. The molecule has 210 valence electrons. The monoisotopic (exact) mass is 554 g/mol. The molecule has 3 saturated carbocycles. The highest BCUT2D eigenvalue weighted by Crippen LogP contribution is 2.46. The Hall–Kier alpha value is -0.960. The Labute approximate surface area is 224 Å². The third kappa shape index (κ3) is 6.98. The van der Waals surface area contributed by atoms with Gasteiger partial charge in [0.15, 0.2) is 0 Å². The summed E-state index contributed by atoms with van der Waals surface area (Å²) in [6, 6.07) is 4.27. The Balaban J connectivity index is 1.90. The second kappa shape index (κ2) is 11.6. The van der Waals surface area contributed by atoms with E-state index in [4.69, 9.17) is 4.18 Å². The normalized spacial score (nSPS) is 22.7. The summed E-state index contributed by atoms with van der Waals surface area (Å²) in [7, 11) is -9.24. The molecule has 1 atom stereocenters. The van der Waals surface area contributed by atoms with Crippen molar-refractivity contribution in [2.24, 2.45) is 5.41 Å². The van der Waals surface area contributed by atoms with E-state index in [0.29, 0.717) is 5.92 Å². The molecular formula is C29H46O6S2. The first-order chi connectivity index (χ1) is 17.4. The lowest BCUT2D eigenvalue weighted by atomic mass is 9.76. The first-order valence-corrected chi connectivity index (χ1v) is 17.4. The minimum Gasteiger partial charge on any atom is -0.283 e. The lowest BCUT2D eigenvalue weighted by molar-refractivity contribution is 0.150. The fourth-order valence-electron chi connectivity index (χ4n) is 6.90. The van der Waals surface area contributed by atoms with Gasteiger partial charge in [-0.15, -0.1) is 0 Å². The van der Waals surface area contributed by atoms with E-state index in [1.165, 1.54) is 24.8 Å². The van der Waals surface area contributed by atoms with Crippen molar-refractivity contribution in [1.82, 2.24) is 0 Å². The molecule has 4 rings (SSSR count). The average molecular weight is 555 g/mol. The van der Waals surface area contributed by atoms with E-state index < -0.39 is 31.1 Å². The van der Waals surface area contributed by atoms with Gasteiger partial charge in [0.2, 0.25) is 5.44 Å². The molecule has 3 aliphatic rings. The van der Waals surface area contributed by atoms with Crippen LogP contribution in [0.4, 0.5) is 0 Å². The third-order valence-electron chi connectivity index (χ3n) is 8.78. The van der Waals surface area contributed by atoms with E-state index in [2.05, 4.69) is 12.1 Å². The summed E-state index contributed by atoms with van der Waals surface area (Å²) >= 11 is 0. The number of hydrogen-bond donors (Lipinski definition) is 1. The molecule has 0 aromatic heterocycles. The Morgan fingerprint density at radius 3 is 1.43 bits per heavy atom. The van der Waals surface area contributed by atoms with Crippen molar-refractivity contribution in [3.05, 3.63) is 28.8 Å². The lowest BCUT2D eigenvalue weighted by Crippen LogP contribution is -2.39. The number of benzene rings is 1. The van der Waals surface area contributed by atoms with Gasteiger partial charge in [-0.05, 0) is 73.0 Å². The largest absolute Gasteiger partial charge is 0.298 e. The van der Waals surface area contributed by atoms with Crippen LogP contribution in [-0.2, 0) is 24.4 Å². The van der Waals surface area contributed by atoms with Gasteiger partial charge in [0, 0.05) is 5.41 Å². The van der Waals surface area contributed by atoms with E-state index in [1.54, 1.807) is 20.8 Å². The van der Waals surface area contributed by atoms with Gasteiger partial charge >= 0.3 is 0 Å². The molecule has 0 bridgehead atoms. The maximum Gasteiger partial charge on any atom is 0.298 e. The molecule has 1 unspecified atom stereocenters. The summed E-state index contributed by atoms with van der Waals surface area (Å²) in [4.78, 5) is 0.198. The van der Waals surface area contributed by atoms with Gasteiger partial charge in [0.25, 0.3) is 20.2 Å². The minimum absolute atomic E-state index is 0.117. The first-order valence-electron chi connectivity index (χ1n) is 14.5. The molecule has 37 heavy (non-hydrogen) atoms. The van der Waals surface area contributed by atoms with Crippen LogP contribution in [0.1, 0.15) is 152 Å². The Kier molecular flexibility index (Phi) is 9.14. The summed E-state index contributed by atoms with van der Waals surface area (Å²) in [5.74, 6) is 0.676. The standard InChI is InChI=1S/C29H46O6S2/c1-29(2,3)28(36(30,31)32)35-37(33,34)27-25(22-15-9-5-10-16-22)19-24(21-13-7-4-8-14-21)20-26(27)23-17-11-6-12-18-23/h19-23,28H,4-18H2,1-3H3,(H,30,31,32). The number of hydrogen-bond acceptors (Lipinski definition) is 5. The van der Waals surface area contributed by atoms with Crippen LogP contribution in [-0.4, -0.2) is 26.8 Å². The summed E-state index contributed by atoms with van der Waals surface area (Å²) in [5, 5.41) is 0. The van der Waals surface area contributed by atoms with Crippen molar-refractivity contribution in [2.75, 3.05) is 0 Å². The topological polar surface area (TPSA) is 97.7 Å². The zero-order valence-corrected chi connectivity index (χ0v) is 24.5. The lowest BCUT2D eigenvalue weighted by Gasteiger charge is -2.33. The van der Waals surface area contributed by atoms with Crippen molar-refractivity contribution < 1.29 is 25.6 Å². The van der Waals surface area contributed by atoms with Crippen LogP contribution in [0.2, 0.25) is 0 Å². The van der Waals surface area contributed by atoms with Crippen LogP contribution in [0, 0.1) is 5.41 Å². The first kappa shape index (κ1) is 29.0. The van der Waals surface area contributed by atoms with Gasteiger partial charge in [-0.3, -0.25) is 4.55 Å². The van der Waals surface area contributed by atoms with Gasteiger partial charge in [-0.1, -0.05) is 90.7 Å². The fourth-order valence-corrected chi connectivity index (χ4v) is 10.1. The van der Waals surface area contributed by atoms with Crippen LogP contribution < -0.4 is 0 Å². The maximum atomic E-state index is 14.2. The van der Waals surface area contributed by atoms with Crippen LogP contribution in [0.25, 0.3) is 0 Å². The summed E-state index contributed by atoms with van der Waals surface area (Å²) in [5.41, 5.74) is -0.0975. The molecule has 0 heterocycles. The van der Waals surface area contributed by atoms with Gasteiger partial charge in [0.1, 0.15) is 4.90 Å². The third-order valence-corrected chi connectivity index (χ3v) is 11.7. The summed E-state index contributed by atoms with van der Waals surface area (Å²) < 4.78 is 68.4. The molecule has 3 fully saturated rings. The summed E-state index contributed by atoms with van der Waals surface area (Å²) in [6.07, 6.45) is 16.2. The molecule has 0 aliphatic heterocycles. The zero-order valence-electron chi connectivity index (χ0n) is 22.9. The molecule has 0 saturated heterocycles. The Bertz CT molecular complexity index is 1090. The molecule has 1 N–H and O–H groups in total. The Morgan fingerprint density at radius 2 is 1.08 bits per heavy atom. The van der Waals surface area contributed by atoms with E-state index in [9.17, 15) is 21.4 Å². The van der Waals surface area contributed by atoms with E-state index in [1.807, 2.05) is 0 Å². The highest BCUT2D eigenvalue weighted by Gasteiger charge is 2.43. The van der Waals surface area contributed by atoms with Crippen molar-refractivity contribution in [2.45, 2.75) is 145 Å². The second-order valence-electron chi connectivity index (χ2n) is 12.8. The molecule has 3 aliphatic carbocycles. The van der Waals surface area contributed by atoms with Gasteiger partial charge in [0.05, 0.1) is 0 Å². The van der Waals surface area contributed by atoms with Gasteiger partial charge in [-0.25, -0.2) is 4.18 Å². The smallest absolute Gasteiger partial charge is 0.283 e. The number of rotatable bonds is 7. The molecule has 1 aromatic rings. The van der Waals surface area contributed by atoms with Crippen molar-refractivity contribution in [3.63, 3.8) is 0 Å². The fraction of sp³-hybridized carbons (Fsp3) is 0.793. The minimum atomic E-state index is -4.77. The molecule has 0 radical (unpaired) electrons. The SMILES string of the molecule is CC(C)(C)C(OS(=O)(=O)c1c(C2CCCCC2)cc(C2CCCCC2)cc1C1CCCCC1)S(=O)(=O)O. The van der Waals surface area contributed by atoms with Crippen LogP contribution in [0.3, 0.4) is 0 Å². The van der Waals surface area contributed by atoms with Crippen LogP contribution in [0.15, 0.2) is 17.0 Å². The highest BCUT2D eigenvalue weighted by molar-refractivity contribution is 7.89. The predicted octanol–water partition coefficient (Wildman–Crippen LogP) is 7.80. The molecule has 1 aromatic carbocycles. The van der Waals surface area contributed by atoms with Crippen molar-refractivity contribution in [1.29, 1.82) is 0 Å². The molecule has 0 spiro atoms. The van der Waals surface area contributed by atoms with Crippen LogP contribution in [0.5, 0.6) is 0 Å². The average Bonchev–Trinajstić information content (AvgIpc) is 2.87. The molecule has 8 heteroatoms. The highest BCUT2D eigenvalue weighted by atomic mass is 32.2. The van der Waals surface area contributed by atoms with Gasteiger partial charge < -0.3 is 0 Å². The molecule has 6 nitrogen and oxygen atoms in total. The Morgan fingerprint density at radius 1 is 0.703 bits per heavy atom. The van der Waals surface area contributed by atoms with Gasteiger partial charge in [-0.2, -0.15) is 16.8 Å². The van der Waals surface area contributed by atoms with Crippen LogP contribution >= 0.6 is 0 Å². The second-order valence-corrected chi connectivity index (χ2v) is 15.8. The zero-order chi connectivity index (χ0) is 26.8. The predicted molar refractivity (Wildman–Crippen MR) is 147 cm³/mol. The van der Waals surface area contributed by atoms with Crippen molar-refractivity contribution >= 4 is 20.2 Å². The van der Waals surface area contributed by atoms with E-state index >= 15 is 0 Å². The van der Waals surface area contributed by atoms with E-state index in [-0.39, 0.29) is 16.7 Å². The molecular weight excluding hydrogens is 508 g/mol. The van der Waals surface area contributed by atoms with E-state index in [0.717, 1.165) is 88.2 Å². The molecule has 0 amide bonds.